The molecule has 0 bridgehead atoms. The molecule has 1 aromatic carbocycles. The lowest BCUT2D eigenvalue weighted by Gasteiger charge is -2.24. The average Bonchev–Trinajstić information content (AvgIpc) is 2.61. The molecule has 0 heterocycles. The zero-order valence-electron chi connectivity index (χ0n) is 14.4. The van der Waals surface area contributed by atoms with Crippen LogP contribution in [0.3, 0.4) is 0 Å². The second-order valence-corrected chi connectivity index (χ2v) is 8.13. The van der Waals surface area contributed by atoms with Gasteiger partial charge in [-0.25, -0.2) is 0 Å². The summed E-state index contributed by atoms with van der Waals surface area (Å²) in [5, 5.41) is 2.76. The number of hydrogen-bond donors (Lipinski definition) is 1. The van der Waals surface area contributed by atoms with Gasteiger partial charge in [0.2, 0.25) is 5.91 Å². The number of benzene rings is 1. The first-order chi connectivity index (χ1) is 11.5. The standard InChI is InChI=1S/C16H25NO6Si/c1-20-24(21-2,22-3)13-7-12-17-15(18)10-11-16(19)23-14-8-5-4-6-9-14/h4-6,8-9H,7,10-13H2,1-3H3,(H,17,18). The fourth-order valence-electron chi connectivity index (χ4n) is 2.06. The molecule has 0 aromatic heterocycles. The van der Waals surface area contributed by atoms with E-state index < -0.39 is 14.8 Å². The number of ether oxygens (including phenoxy) is 1. The minimum absolute atomic E-state index is 0.0353. The lowest BCUT2D eigenvalue weighted by molar-refractivity contribution is -0.136. The predicted molar refractivity (Wildman–Crippen MR) is 90.5 cm³/mol. The maximum atomic E-state index is 11.7. The highest BCUT2D eigenvalue weighted by molar-refractivity contribution is 6.60. The van der Waals surface area contributed by atoms with Crippen LogP contribution in [0, 0.1) is 0 Å². The van der Waals surface area contributed by atoms with E-state index in [9.17, 15) is 9.59 Å². The van der Waals surface area contributed by atoms with E-state index in [4.69, 9.17) is 18.0 Å². The summed E-state index contributed by atoms with van der Waals surface area (Å²) in [6.45, 7) is 0.470. The number of rotatable bonds is 11. The number of para-hydroxylation sites is 1. The van der Waals surface area contributed by atoms with Gasteiger partial charge < -0.3 is 23.3 Å². The van der Waals surface area contributed by atoms with Gasteiger partial charge in [0.15, 0.2) is 0 Å². The van der Waals surface area contributed by atoms with Gasteiger partial charge in [-0.05, 0) is 18.6 Å². The lowest BCUT2D eigenvalue weighted by Crippen LogP contribution is -2.43. The van der Waals surface area contributed by atoms with Crippen LogP contribution in [0.25, 0.3) is 0 Å². The molecule has 0 radical (unpaired) electrons. The first-order valence-electron chi connectivity index (χ1n) is 7.73. The Morgan fingerprint density at radius 3 is 2.21 bits per heavy atom. The Hall–Kier alpha value is -1.74. The Balaban J connectivity index is 2.19. The summed E-state index contributed by atoms with van der Waals surface area (Å²) < 4.78 is 21.0. The predicted octanol–water partition coefficient (Wildman–Crippen LogP) is 1.76. The molecule has 134 valence electrons. The SMILES string of the molecule is CO[Si](CCCNC(=O)CCC(=O)Oc1ccccc1)(OC)OC. The van der Waals surface area contributed by atoms with E-state index >= 15 is 0 Å². The fourth-order valence-corrected chi connectivity index (χ4v) is 3.79. The normalized spacial score (nSPS) is 11.1. The molecule has 0 spiro atoms. The summed E-state index contributed by atoms with van der Waals surface area (Å²) >= 11 is 0. The van der Waals surface area contributed by atoms with Gasteiger partial charge in [-0.15, -0.1) is 0 Å². The molecule has 1 N–H and O–H groups in total. The third kappa shape index (κ3) is 7.22. The molecule has 1 amide bonds. The molecule has 0 atom stereocenters. The average molecular weight is 355 g/mol. The van der Waals surface area contributed by atoms with Crippen LogP contribution in [0.15, 0.2) is 30.3 Å². The first-order valence-corrected chi connectivity index (χ1v) is 9.66. The monoisotopic (exact) mass is 355 g/mol. The topological polar surface area (TPSA) is 83.1 Å². The van der Waals surface area contributed by atoms with Crippen molar-refractivity contribution < 1.29 is 27.6 Å². The zero-order chi connectivity index (χ0) is 17.8. The maximum absolute atomic E-state index is 11.7. The van der Waals surface area contributed by atoms with Gasteiger partial charge in [-0.3, -0.25) is 9.59 Å². The number of carbonyl (C=O) groups excluding carboxylic acids is 2. The maximum Gasteiger partial charge on any atom is 0.500 e. The lowest BCUT2D eigenvalue weighted by atomic mass is 10.3. The Morgan fingerprint density at radius 2 is 1.62 bits per heavy atom. The van der Waals surface area contributed by atoms with E-state index in [1.165, 1.54) is 0 Å². The van der Waals surface area contributed by atoms with Crippen molar-refractivity contribution in [2.75, 3.05) is 27.9 Å². The van der Waals surface area contributed by atoms with Crippen LogP contribution < -0.4 is 10.1 Å². The van der Waals surface area contributed by atoms with Crippen molar-refractivity contribution in [1.82, 2.24) is 5.32 Å². The highest BCUT2D eigenvalue weighted by Gasteiger charge is 2.36. The van der Waals surface area contributed by atoms with Gasteiger partial charge in [-0.2, -0.15) is 0 Å². The number of nitrogens with one attached hydrogen (secondary N) is 1. The molecule has 24 heavy (non-hydrogen) atoms. The van der Waals surface area contributed by atoms with Gasteiger partial charge in [-0.1, -0.05) is 18.2 Å². The van der Waals surface area contributed by atoms with E-state index in [1.54, 1.807) is 45.6 Å². The van der Waals surface area contributed by atoms with Gasteiger partial charge in [0.1, 0.15) is 5.75 Å². The molecule has 0 unspecified atom stereocenters. The molecule has 8 heteroatoms. The molecule has 0 saturated heterocycles. The molecule has 0 aliphatic rings. The summed E-state index contributed by atoms with van der Waals surface area (Å²) in [5.41, 5.74) is 0. The number of amides is 1. The van der Waals surface area contributed by atoms with Crippen LogP contribution in [0.1, 0.15) is 19.3 Å². The van der Waals surface area contributed by atoms with Crippen molar-refractivity contribution in [1.29, 1.82) is 0 Å². The molecule has 0 saturated carbocycles. The molecular weight excluding hydrogens is 330 g/mol. The van der Waals surface area contributed by atoms with Crippen molar-refractivity contribution in [3.63, 3.8) is 0 Å². The number of hydrogen-bond acceptors (Lipinski definition) is 6. The van der Waals surface area contributed by atoms with Crippen molar-refractivity contribution in [3.8, 4) is 5.75 Å². The van der Waals surface area contributed by atoms with Crippen molar-refractivity contribution in [2.24, 2.45) is 0 Å². The molecule has 7 nitrogen and oxygen atoms in total. The van der Waals surface area contributed by atoms with Crippen LogP contribution in [0.4, 0.5) is 0 Å². The Kier molecular flexibility index (Phi) is 9.24. The first kappa shape index (κ1) is 20.3. The molecule has 0 fully saturated rings. The van der Waals surface area contributed by atoms with Gasteiger partial charge in [0.05, 0.1) is 6.42 Å². The Morgan fingerprint density at radius 1 is 1.00 bits per heavy atom. The van der Waals surface area contributed by atoms with E-state index in [0.29, 0.717) is 24.8 Å². The van der Waals surface area contributed by atoms with Crippen LogP contribution in [0.2, 0.25) is 6.04 Å². The number of carbonyl (C=O) groups is 2. The van der Waals surface area contributed by atoms with Gasteiger partial charge in [0.25, 0.3) is 0 Å². The molecular formula is C16H25NO6Si. The molecule has 0 aliphatic heterocycles. The third-order valence-electron chi connectivity index (χ3n) is 3.45. The molecule has 1 aromatic rings. The highest BCUT2D eigenvalue weighted by atomic mass is 28.4. The van der Waals surface area contributed by atoms with Gasteiger partial charge in [0, 0.05) is 40.3 Å². The summed E-state index contributed by atoms with van der Waals surface area (Å²) in [5.74, 6) is -0.150. The highest BCUT2D eigenvalue weighted by Crippen LogP contribution is 2.14. The zero-order valence-corrected chi connectivity index (χ0v) is 15.4. The van der Waals surface area contributed by atoms with Crippen LogP contribution in [-0.4, -0.2) is 48.6 Å². The van der Waals surface area contributed by atoms with Crippen LogP contribution in [0.5, 0.6) is 5.75 Å². The second kappa shape index (κ2) is 10.9. The molecule has 1 rings (SSSR count). The summed E-state index contributed by atoms with van der Waals surface area (Å²) in [6, 6.07) is 9.37. The van der Waals surface area contributed by atoms with E-state index in [2.05, 4.69) is 5.32 Å². The van der Waals surface area contributed by atoms with Crippen LogP contribution in [-0.2, 0) is 22.9 Å². The third-order valence-corrected chi connectivity index (χ3v) is 6.28. The quantitative estimate of drug-likeness (QED) is 0.282. The van der Waals surface area contributed by atoms with Gasteiger partial charge >= 0.3 is 14.8 Å². The Bertz CT molecular complexity index is 498. The Labute approximate surface area is 143 Å². The van der Waals surface area contributed by atoms with Crippen molar-refractivity contribution in [2.45, 2.75) is 25.3 Å². The summed E-state index contributed by atoms with van der Waals surface area (Å²) in [7, 11) is 2.06. The van der Waals surface area contributed by atoms with Crippen molar-refractivity contribution >= 4 is 20.7 Å². The largest absolute Gasteiger partial charge is 0.500 e. The smallest absolute Gasteiger partial charge is 0.427 e. The minimum Gasteiger partial charge on any atom is -0.427 e. The second-order valence-electron chi connectivity index (χ2n) is 5.04. The molecule has 0 aliphatic carbocycles. The number of esters is 1. The van der Waals surface area contributed by atoms with E-state index in [1.807, 2.05) is 6.07 Å². The van der Waals surface area contributed by atoms with Crippen molar-refractivity contribution in [3.05, 3.63) is 30.3 Å². The fraction of sp³-hybridized carbons (Fsp3) is 0.500. The summed E-state index contributed by atoms with van der Waals surface area (Å²) in [4.78, 5) is 23.4. The minimum atomic E-state index is -2.59. The van der Waals surface area contributed by atoms with Crippen LogP contribution >= 0.6 is 0 Å². The van der Waals surface area contributed by atoms with E-state index in [0.717, 1.165) is 0 Å². The van der Waals surface area contributed by atoms with E-state index in [-0.39, 0.29) is 18.7 Å². The summed E-state index contributed by atoms with van der Waals surface area (Å²) in [6.07, 6.45) is 0.794.